The number of rotatable bonds is 4. The molecule has 0 aliphatic rings. The van der Waals surface area contributed by atoms with E-state index in [0.29, 0.717) is 0 Å². The van der Waals surface area contributed by atoms with E-state index in [2.05, 4.69) is 5.32 Å². The van der Waals surface area contributed by atoms with Crippen molar-refractivity contribution >= 4 is 5.69 Å². The second kappa shape index (κ2) is 4.95. The fraction of sp³-hybridized carbons (Fsp3) is 0.333. The SMILES string of the molecule is FCCCNc1c(F)c(F)cc(F)c1F. The molecule has 6 heteroatoms. The zero-order valence-corrected chi connectivity index (χ0v) is 7.59. The molecule has 1 nitrogen and oxygen atoms in total. The van der Waals surface area contributed by atoms with E-state index in [9.17, 15) is 22.0 Å². The lowest BCUT2D eigenvalue weighted by Crippen LogP contribution is -2.09. The minimum Gasteiger partial charge on any atom is -0.380 e. The molecule has 15 heavy (non-hydrogen) atoms. The van der Waals surface area contributed by atoms with Crippen LogP contribution in [0.15, 0.2) is 6.07 Å². The van der Waals surface area contributed by atoms with Gasteiger partial charge in [-0.05, 0) is 6.42 Å². The Morgan fingerprint density at radius 1 is 1.00 bits per heavy atom. The van der Waals surface area contributed by atoms with Gasteiger partial charge >= 0.3 is 0 Å². The van der Waals surface area contributed by atoms with E-state index in [1.54, 1.807) is 0 Å². The third-order valence-electron chi connectivity index (χ3n) is 1.72. The van der Waals surface area contributed by atoms with Gasteiger partial charge in [-0.1, -0.05) is 0 Å². The molecular weight excluding hydrogens is 217 g/mol. The largest absolute Gasteiger partial charge is 0.380 e. The summed E-state index contributed by atoms with van der Waals surface area (Å²) in [5.74, 6) is -5.99. The second-order valence-electron chi connectivity index (χ2n) is 2.81. The van der Waals surface area contributed by atoms with Crippen LogP contribution >= 0.6 is 0 Å². The average Bonchev–Trinajstić information content (AvgIpc) is 2.20. The van der Waals surface area contributed by atoms with Crippen LogP contribution in [0, 0.1) is 23.3 Å². The van der Waals surface area contributed by atoms with E-state index in [4.69, 9.17) is 0 Å². The Morgan fingerprint density at radius 3 is 2.00 bits per heavy atom. The minimum atomic E-state index is -1.51. The van der Waals surface area contributed by atoms with Crippen LogP contribution in [0.2, 0.25) is 0 Å². The Morgan fingerprint density at radius 2 is 1.53 bits per heavy atom. The quantitative estimate of drug-likeness (QED) is 0.472. The maximum Gasteiger partial charge on any atom is 0.185 e. The van der Waals surface area contributed by atoms with Crippen molar-refractivity contribution in [1.29, 1.82) is 0 Å². The molecule has 1 aromatic rings. The van der Waals surface area contributed by atoms with Gasteiger partial charge in [-0.3, -0.25) is 4.39 Å². The third kappa shape index (κ3) is 2.57. The zero-order chi connectivity index (χ0) is 11.4. The fourth-order valence-corrected chi connectivity index (χ4v) is 1.01. The Labute approximate surface area is 82.9 Å². The highest BCUT2D eigenvalue weighted by molar-refractivity contribution is 5.47. The highest BCUT2D eigenvalue weighted by Gasteiger charge is 2.18. The fourth-order valence-electron chi connectivity index (χ4n) is 1.01. The van der Waals surface area contributed by atoms with Crippen LogP contribution in [0.1, 0.15) is 6.42 Å². The molecule has 0 fully saturated rings. The molecule has 1 N–H and O–H groups in total. The Hall–Kier alpha value is -1.33. The van der Waals surface area contributed by atoms with Gasteiger partial charge in [-0.15, -0.1) is 0 Å². The second-order valence-corrected chi connectivity index (χ2v) is 2.81. The predicted octanol–water partition coefficient (Wildman–Crippen LogP) is 3.01. The molecule has 0 saturated carbocycles. The van der Waals surface area contributed by atoms with Crippen LogP contribution in [0.5, 0.6) is 0 Å². The molecule has 0 aliphatic carbocycles. The van der Waals surface area contributed by atoms with Gasteiger partial charge in [-0.2, -0.15) is 0 Å². The van der Waals surface area contributed by atoms with Crippen molar-refractivity contribution in [3.05, 3.63) is 29.3 Å². The van der Waals surface area contributed by atoms with Crippen LogP contribution < -0.4 is 5.32 Å². The van der Waals surface area contributed by atoms with Gasteiger partial charge in [0.2, 0.25) is 0 Å². The minimum absolute atomic E-state index is 0.00296. The molecule has 1 rings (SSSR count). The summed E-state index contributed by atoms with van der Waals surface area (Å²) in [5, 5.41) is 2.09. The Kier molecular flexibility index (Phi) is 3.88. The first kappa shape index (κ1) is 11.7. The number of nitrogens with one attached hydrogen (secondary N) is 1. The molecule has 0 amide bonds. The molecule has 0 unspecified atom stereocenters. The van der Waals surface area contributed by atoms with Crippen molar-refractivity contribution in [1.82, 2.24) is 0 Å². The van der Waals surface area contributed by atoms with E-state index >= 15 is 0 Å². The van der Waals surface area contributed by atoms with Crippen LogP contribution in [0.4, 0.5) is 27.6 Å². The van der Waals surface area contributed by atoms with Gasteiger partial charge in [0, 0.05) is 12.6 Å². The maximum absolute atomic E-state index is 12.9. The van der Waals surface area contributed by atoms with E-state index in [1.165, 1.54) is 0 Å². The first-order valence-electron chi connectivity index (χ1n) is 4.20. The lowest BCUT2D eigenvalue weighted by Gasteiger charge is -2.08. The Bertz CT molecular complexity index is 327. The smallest absolute Gasteiger partial charge is 0.185 e. The molecule has 0 bridgehead atoms. The van der Waals surface area contributed by atoms with Crippen LogP contribution in [-0.4, -0.2) is 13.2 Å². The van der Waals surface area contributed by atoms with Gasteiger partial charge in [0.1, 0.15) is 5.69 Å². The van der Waals surface area contributed by atoms with E-state index in [1.807, 2.05) is 0 Å². The number of hydrogen-bond donors (Lipinski definition) is 1. The van der Waals surface area contributed by atoms with Gasteiger partial charge in [0.05, 0.1) is 6.67 Å². The lowest BCUT2D eigenvalue weighted by atomic mass is 10.2. The number of benzene rings is 1. The van der Waals surface area contributed by atoms with Gasteiger partial charge in [0.15, 0.2) is 23.3 Å². The number of alkyl halides is 1. The molecule has 84 valence electrons. The summed E-state index contributed by atoms with van der Waals surface area (Å²) >= 11 is 0. The predicted molar refractivity (Wildman–Crippen MR) is 45.4 cm³/mol. The van der Waals surface area contributed by atoms with Crippen molar-refractivity contribution < 1.29 is 22.0 Å². The summed E-state index contributed by atoms with van der Waals surface area (Å²) in [4.78, 5) is 0. The van der Waals surface area contributed by atoms with Crippen LogP contribution in [-0.2, 0) is 0 Å². The van der Waals surface area contributed by atoms with Crippen molar-refractivity contribution in [2.24, 2.45) is 0 Å². The summed E-state index contributed by atoms with van der Waals surface area (Å²) in [5.41, 5.74) is -0.902. The number of anilines is 1. The molecule has 0 spiro atoms. The van der Waals surface area contributed by atoms with E-state index < -0.39 is 35.6 Å². The summed E-state index contributed by atoms with van der Waals surface area (Å²) in [6.07, 6.45) is -0.00296. The topological polar surface area (TPSA) is 12.0 Å². The maximum atomic E-state index is 12.9. The molecule has 1 aromatic carbocycles. The molecule has 0 aromatic heterocycles. The summed E-state index contributed by atoms with van der Waals surface area (Å²) in [7, 11) is 0. The number of halogens is 5. The summed E-state index contributed by atoms with van der Waals surface area (Å²) < 4.78 is 62.8. The molecule has 0 heterocycles. The first-order valence-corrected chi connectivity index (χ1v) is 4.20. The van der Waals surface area contributed by atoms with Crippen LogP contribution in [0.25, 0.3) is 0 Å². The summed E-state index contributed by atoms with van der Waals surface area (Å²) in [6.45, 7) is -0.790. The van der Waals surface area contributed by atoms with E-state index in [-0.39, 0.29) is 19.0 Å². The highest BCUT2D eigenvalue weighted by atomic mass is 19.2. The highest BCUT2D eigenvalue weighted by Crippen LogP contribution is 2.23. The zero-order valence-electron chi connectivity index (χ0n) is 7.59. The van der Waals surface area contributed by atoms with Crippen molar-refractivity contribution in [2.45, 2.75) is 6.42 Å². The van der Waals surface area contributed by atoms with Crippen molar-refractivity contribution in [3.8, 4) is 0 Å². The molecular formula is C9H8F5N. The average molecular weight is 225 g/mol. The molecule has 0 radical (unpaired) electrons. The van der Waals surface area contributed by atoms with Gasteiger partial charge in [-0.25, -0.2) is 17.6 Å². The van der Waals surface area contributed by atoms with Crippen molar-refractivity contribution in [2.75, 3.05) is 18.5 Å². The first-order chi connectivity index (χ1) is 7.07. The molecule has 0 aliphatic heterocycles. The number of hydrogen-bond acceptors (Lipinski definition) is 1. The monoisotopic (exact) mass is 225 g/mol. The summed E-state index contributed by atoms with van der Waals surface area (Å²) in [6, 6.07) is 0.116. The van der Waals surface area contributed by atoms with Gasteiger partial charge in [0.25, 0.3) is 0 Å². The normalized spacial score (nSPS) is 10.5. The van der Waals surface area contributed by atoms with E-state index in [0.717, 1.165) is 0 Å². The van der Waals surface area contributed by atoms with Gasteiger partial charge < -0.3 is 5.32 Å². The Balaban J connectivity index is 2.94. The lowest BCUT2D eigenvalue weighted by molar-refractivity contribution is 0.455. The van der Waals surface area contributed by atoms with Crippen molar-refractivity contribution in [3.63, 3.8) is 0 Å². The third-order valence-corrected chi connectivity index (χ3v) is 1.72. The van der Waals surface area contributed by atoms with Crippen LogP contribution in [0.3, 0.4) is 0 Å². The molecule has 0 saturated heterocycles. The standard InChI is InChI=1S/C9H8F5N/c10-2-1-3-15-9-7(13)5(11)4-6(12)8(9)14/h4,15H,1-3H2. The molecule has 0 atom stereocenters.